The van der Waals surface area contributed by atoms with E-state index in [2.05, 4.69) is 10.3 Å². The van der Waals surface area contributed by atoms with Gasteiger partial charge >= 0.3 is 12.1 Å². The lowest BCUT2D eigenvalue weighted by Gasteiger charge is -2.36. The first-order chi connectivity index (χ1) is 22.9. The van der Waals surface area contributed by atoms with Crippen LogP contribution in [0.2, 0.25) is 0 Å². The van der Waals surface area contributed by atoms with Crippen molar-refractivity contribution in [2.24, 2.45) is 0 Å². The minimum absolute atomic E-state index is 0.0118. The van der Waals surface area contributed by atoms with Crippen molar-refractivity contribution >= 4 is 29.6 Å². The van der Waals surface area contributed by atoms with Gasteiger partial charge in [0.25, 0.3) is 5.91 Å². The van der Waals surface area contributed by atoms with Crippen molar-refractivity contribution in [2.75, 3.05) is 57.9 Å². The van der Waals surface area contributed by atoms with E-state index in [1.54, 1.807) is 68.0 Å². The van der Waals surface area contributed by atoms with E-state index < -0.39 is 41.3 Å². The second-order valence-electron chi connectivity index (χ2n) is 13.1. The third-order valence-electron chi connectivity index (χ3n) is 8.27. The first-order valence-corrected chi connectivity index (χ1v) is 16.7. The van der Waals surface area contributed by atoms with E-state index in [-0.39, 0.29) is 62.2 Å². The van der Waals surface area contributed by atoms with Crippen LogP contribution < -0.4 is 10.2 Å². The number of esters is 1. The summed E-state index contributed by atoms with van der Waals surface area (Å²) in [7, 11) is 1.61. The molecule has 2 fully saturated rings. The Kier molecular flexibility index (Phi) is 12.7. The molecule has 2 saturated heterocycles. The molecule has 3 heterocycles. The summed E-state index contributed by atoms with van der Waals surface area (Å²) in [6.45, 7) is 9.57. The molecule has 0 unspecified atom stereocenters. The molecule has 0 bridgehead atoms. The number of carbonyl (C=O) groups is 4. The Bertz CT molecular complexity index is 1430. The maximum absolute atomic E-state index is 16.0. The molecule has 4 rings (SSSR count). The Hall–Kier alpha value is -4.26. The number of piperazine rings is 1. The number of amides is 3. The highest BCUT2D eigenvalue weighted by Gasteiger charge is 2.33. The van der Waals surface area contributed by atoms with Crippen molar-refractivity contribution in [3.8, 4) is 11.3 Å². The number of pyridine rings is 1. The normalized spacial score (nSPS) is 17.2. The molecule has 2 aliphatic rings. The lowest BCUT2D eigenvalue weighted by molar-refractivity contribution is -0.155. The molecule has 0 saturated carbocycles. The number of hydrogen-bond acceptors (Lipinski definition) is 9. The number of hydrogen-bond donors (Lipinski definition) is 1. The van der Waals surface area contributed by atoms with Crippen molar-refractivity contribution in [2.45, 2.75) is 77.5 Å². The van der Waals surface area contributed by atoms with Crippen LogP contribution in [0.25, 0.3) is 11.3 Å². The molecular formula is C35H48FN5O7. The summed E-state index contributed by atoms with van der Waals surface area (Å²) in [5, 5.41) is 2.78. The Labute approximate surface area is 281 Å². The second-order valence-corrected chi connectivity index (χ2v) is 13.1. The van der Waals surface area contributed by atoms with E-state index in [9.17, 15) is 19.2 Å². The summed E-state index contributed by atoms with van der Waals surface area (Å²) in [4.78, 5) is 62.2. The molecule has 1 aromatic carbocycles. The van der Waals surface area contributed by atoms with Crippen molar-refractivity contribution in [3.63, 3.8) is 0 Å². The third-order valence-corrected chi connectivity index (χ3v) is 8.27. The monoisotopic (exact) mass is 669 g/mol. The topological polar surface area (TPSA) is 131 Å². The number of ether oxygens (including phenoxy) is 3. The molecular weight excluding hydrogens is 621 g/mol. The van der Waals surface area contributed by atoms with Crippen molar-refractivity contribution in [1.82, 2.24) is 20.1 Å². The van der Waals surface area contributed by atoms with Crippen LogP contribution in [0.1, 0.15) is 70.3 Å². The van der Waals surface area contributed by atoms with Gasteiger partial charge in [0.15, 0.2) is 5.82 Å². The van der Waals surface area contributed by atoms with Gasteiger partial charge in [0.2, 0.25) is 5.91 Å². The second kappa shape index (κ2) is 16.7. The number of aromatic nitrogens is 1. The summed E-state index contributed by atoms with van der Waals surface area (Å²) < 4.78 is 32.3. The van der Waals surface area contributed by atoms with E-state index in [1.807, 2.05) is 11.8 Å². The van der Waals surface area contributed by atoms with Crippen LogP contribution in [0.15, 0.2) is 36.4 Å². The number of anilines is 1. The number of rotatable bonds is 12. The standard InChI is InChI=1S/C35H48FN5O7/c1-6-7-21-47-34(45)40-19-17-39(18-20-40)33(44)26(13-14-29(42)48-35(2,3)4)38-32(43)27-22-28(41-16-15-25(23-41)46-5)30(36)31(37-27)24-11-9-8-10-12-24/h8-12,22,25-26H,6-7,13-21,23H2,1-5H3,(H,38,43)/t25-,26-/m0/s1. The number of halogens is 1. The number of benzene rings is 1. The summed E-state index contributed by atoms with van der Waals surface area (Å²) in [6.07, 6.45) is 1.72. The number of unbranched alkanes of at least 4 members (excludes halogenated alkanes) is 1. The average Bonchev–Trinajstić information content (AvgIpc) is 3.55. The van der Waals surface area contributed by atoms with E-state index >= 15 is 4.39 Å². The molecule has 13 heteroatoms. The van der Waals surface area contributed by atoms with Crippen LogP contribution in [0.5, 0.6) is 0 Å². The Morgan fingerprint density at radius 3 is 2.35 bits per heavy atom. The predicted octanol–water partition coefficient (Wildman–Crippen LogP) is 4.41. The number of nitrogens with zero attached hydrogens (tertiary/aromatic N) is 4. The molecule has 0 radical (unpaired) electrons. The van der Waals surface area contributed by atoms with Crippen LogP contribution >= 0.6 is 0 Å². The summed E-state index contributed by atoms with van der Waals surface area (Å²) in [5.41, 5.74) is -0.0654. The largest absolute Gasteiger partial charge is 0.460 e. The first-order valence-electron chi connectivity index (χ1n) is 16.7. The van der Waals surface area contributed by atoms with Crippen molar-refractivity contribution in [3.05, 3.63) is 47.9 Å². The predicted molar refractivity (Wildman–Crippen MR) is 178 cm³/mol. The minimum Gasteiger partial charge on any atom is -0.460 e. The first kappa shape index (κ1) is 36.6. The Morgan fingerprint density at radius 2 is 1.73 bits per heavy atom. The number of methoxy groups -OCH3 is 1. The lowest BCUT2D eigenvalue weighted by Crippen LogP contribution is -2.56. The molecule has 1 aromatic heterocycles. The smallest absolute Gasteiger partial charge is 0.409 e. The Morgan fingerprint density at radius 1 is 1.04 bits per heavy atom. The molecule has 3 amide bonds. The molecule has 48 heavy (non-hydrogen) atoms. The van der Waals surface area contributed by atoms with Gasteiger partial charge in [-0.25, -0.2) is 14.2 Å². The zero-order chi connectivity index (χ0) is 34.8. The van der Waals surface area contributed by atoms with E-state index in [0.717, 1.165) is 12.8 Å². The zero-order valence-corrected chi connectivity index (χ0v) is 28.6. The van der Waals surface area contributed by atoms with Crippen LogP contribution in [0.4, 0.5) is 14.9 Å². The van der Waals surface area contributed by atoms with E-state index in [0.29, 0.717) is 31.7 Å². The molecule has 2 aliphatic heterocycles. The number of carbonyl (C=O) groups excluding carboxylic acids is 4. The van der Waals surface area contributed by atoms with Gasteiger partial charge in [-0.05, 0) is 46.1 Å². The fraction of sp³-hybridized carbons (Fsp3) is 0.571. The molecule has 262 valence electrons. The van der Waals surface area contributed by atoms with Gasteiger partial charge < -0.3 is 34.2 Å². The van der Waals surface area contributed by atoms with E-state index in [4.69, 9.17) is 14.2 Å². The van der Waals surface area contributed by atoms with Crippen LogP contribution in [0.3, 0.4) is 0 Å². The third kappa shape index (κ3) is 9.88. The fourth-order valence-corrected chi connectivity index (χ4v) is 5.66. The minimum atomic E-state index is -1.10. The molecule has 12 nitrogen and oxygen atoms in total. The van der Waals surface area contributed by atoms with Gasteiger partial charge in [-0.1, -0.05) is 43.7 Å². The fourth-order valence-electron chi connectivity index (χ4n) is 5.66. The van der Waals surface area contributed by atoms with Gasteiger partial charge in [-0.3, -0.25) is 14.4 Å². The highest BCUT2D eigenvalue weighted by molar-refractivity contribution is 5.97. The van der Waals surface area contributed by atoms with Gasteiger partial charge in [0.05, 0.1) is 18.4 Å². The van der Waals surface area contributed by atoms with Gasteiger partial charge in [0, 0.05) is 58.4 Å². The van der Waals surface area contributed by atoms with E-state index in [1.165, 1.54) is 6.07 Å². The highest BCUT2D eigenvalue weighted by Crippen LogP contribution is 2.32. The van der Waals surface area contributed by atoms with Crippen molar-refractivity contribution < 1.29 is 37.8 Å². The summed E-state index contributed by atoms with van der Waals surface area (Å²) in [5.74, 6) is -2.15. The molecule has 0 spiro atoms. The van der Waals surface area contributed by atoms with Crippen LogP contribution in [-0.4, -0.2) is 109 Å². The zero-order valence-electron chi connectivity index (χ0n) is 28.6. The lowest BCUT2D eigenvalue weighted by atomic mass is 10.1. The van der Waals surface area contributed by atoms with Crippen LogP contribution in [-0.2, 0) is 23.8 Å². The van der Waals surface area contributed by atoms with Crippen LogP contribution in [0, 0.1) is 5.82 Å². The van der Waals surface area contributed by atoms with Gasteiger partial charge in [-0.15, -0.1) is 0 Å². The number of nitrogens with one attached hydrogen (secondary N) is 1. The highest BCUT2D eigenvalue weighted by atomic mass is 19.1. The van der Waals surface area contributed by atoms with Gasteiger partial charge in [-0.2, -0.15) is 0 Å². The van der Waals surface area contributed by atoms with Crippen molar-refractivity contribution in [1.29, 1.82) is 0 Å². The van der Waals surface area contributed by atoms with Gasteiger partial charge in [0.1, 0.15) is 23.0 Å². The quantitative estimate of drug-likeness (QED) is 0.258. The molecule has 1 N–H and O–H groups in total. The average molecular weight is 670 g/mol. The molecule has 0 aliphatic carbocycles. The molecule has 2 aromatic rings. The maximum atomic E-state index is 16.0. The SMILES string of the molecule is CCCCOC(=O)N1CCN(C(=O)[C@H](CCC(=O)OC(C)(C)C)NC(=O)c2cc(N3CC[C@H](OC)C3)c(F)c(-c3ccccc3)n2)CC1. The molecule has 2 atom stereocenters. The Balaban J connectivity index is 1.56. The summed E-state index contributed by atoms with van der Waals surface area (Å²) >= 11 is 0. The summed E-state index contributed by atoms with van der Waals surface area (Å²) in [6, 6.07) is 9.04. The maximum Gasteiger partial charge on any atom is 0.409 e.